The molecule has 0 aliphatic heterocycles. The van der Waals surface area contributed by atoms with Crippen LogP contribution in [-0.2, 0) is 0 Å². The molecule has 182 valence electrons. The lowest BCUT2D eigenvalue weighted by Gasteiger charge is -2.40. The highest BCUT2D eigenvalue weighted by Gasteiger charge is 2.42. The second-order valence-electron chi connectivity index (χ2n) is 13.4. The molecule has 1 aliphatic carbocycles. The van der Waals surface area contributed by atoms with Crippen molar-refractivity contribution in [2.24, 2.45) is 5.41 Å². The van der Waals surface area contributed by atoms with Crippen molar-refractivity contribution < 1.29 is 8.85 Å². The van der Waals surface area contributed by atoms with Gasteiger partial charge in [-0.05, 0) is 85.4 Å². The summed E-state index contributed by atoms with van der Waals surface area (Å²) < 4.78 is 14.1. The van der Waals surface area contributed by atoms with Crippen LogP contribution in [0.4, 0.5) is 0 Å². The van der Waals surface area contributed by atoms with Crippen molar-refractivity contribution >= 4 is 16.6 Å². The topological polar surface area (TPSA) is 18.5 Å². The van der Waals surface area contributed by atoms with Crippen molar-refractivity contribution in [1.82, 2.24) is 0 Å². The van der Waals surface area contributed by atoms with Crippen LogP contribution in [0.25, 0.3) is 0 Å². The summed E-state index contributed by atoms with van der Waals surface area (Å²) in [5.41, 5.74) is 3.52. The molecule has 4 heteroatoms. The first-order valence-corrected chi connectivity index (χ1v) is 18.2. The predicted molar refractivity (Wildman–Crippen MR) is 146 cm³/mol. The second-order valence-corrected chi connectivity index (χ2v) is 22.4. The zero-order valence-electron chi connectivity index (χ0n) is 22.9. The lowest BCUT2D eigenvalue weighted by molar-refractivity contribution is 0.406. The molecule has 1 aliphatic rings. The predicted octanol–water partition coefficient (Wildman–Crippen LogP) is 9.69. The van der Waals surface area contributed by atoms with Crippen LogP contribution in [0.3, 0.4) is 0 Å². The van der Waals surface area contributed by atoms with Crippen LogP contribution < -0.4 is 8.85 Å². The van der Waals surface area contributed by atoms with Crippen LogP contribution in [0.5, 0.6) is 11.5 Å². The first-order valence-electron chi connectivity index (χ1n) is 12.6. The van der Waals surface area contributed by atoms with E-state index in [2.05, 4.69) is 99.8 Å². The van der Waals surface area contributed by atoms with Crippen LogP contribution in [-0.4, -0.2) is 16.6 Å². The molecule has 0 saturated heterocycles. The summed E-state index contributed by atoms with van der Waals surface area (Å²) in [7, 11) is -3.95. The first kappa shape index (κ1) is 27.2. The fraction of sp³-hybridized carbons (Fsp3) is 0.714. The van der Waals surface area contributed by atoms with Gasteiger partial charge >= 0.3 is 0 Å². The van der Waals surface area contributed by atoms with Crippen LogP contribution in [0.1, 0.15) is 92.6 Å². The maximum Gasteiger partial charge on any atom is 0.251 e. The van der Waals surface area contributed by atoms with Crippen molar-refractivity contribution in [3.63, 3.8) is 0 Å². The third-order valence-corrected chi connectivity index (χ3v) is 17.0. The minimum absolute atomic E-state index is 0.162. The van der Waals surface area contributed by atoms with E-state index in [1.165, 1.54) is 11.1 Å². The van der Waals surface area contributed by atoms with Gasteiger partial charge in [0.25, 0.3) is 8.32 Å². The lowest BCUT2D eigenvalue weighted by Crippen LogP contribution is -2.45. The van der Waals surface area contributed by atoms with E-state index in [1.54, 1.807) is 0 Å². The number of benzene rings is 1. The SMILES string of the molecule is C=C1CCC(c2c(O[Si](C)(CC(C)(C)C)C(C)C)cccc2O[Si](C)(C)C(C)(C)C)CC1. The minimum Gasteiger partial charge on any atom is -0.543 e. The van der Waals surface area contributed by atoms with E-state index in [-0.39, 0.29) is 10.5 Å². The Bertz CT molecular complexity index is 789. The quantitative estimate of drug-likeness (QED) is 0.289. The van der Waals surface area contributed by atoms with E-state index in [0.717, 1.165) is 43.2 Å². The van der Waals surface area contributed by atoms with Gasteiger partial charge < -0.3 is 8.85 Å². The Balaban J connectivity index is 2.55. The molecule has 2 nitrogen and oxygen atoms in total. The van der Waals surface area contributed by atoms with Gasteiger partial charge in [-0.1, -0.05) is 73.6 Å². The highest BCUT2D eigenvalue weighted by Crippen LogP contribution is 2.48. The van der Waals surface area contributed by atoms with Crippen molar-refractivity contribution in [3.05, 3.63) is 35.9 Å². The van der Waals surface area contributed by atoms with E-state index in [9.17, 15) is 0 Å². The highest BCUT2D eigenvalue weighted by atomic mass is 28.4. The summed E-state index contributed by atoms with van der Waals surface area (Å²) in [6.07, 6.45) is 4.51. The van der Waals surface area contributed by atoms with Crippen LogP contribution in [0.2, 0.25) is 36.3 Å². The highest BCUT2D eigenvalue weighted by molar-refractivity contribution is 6.75. The van der Waals surface area contributed by atoms with Gasteiger partial charge in [-0.2, -0.15) is 0 Å². The summed E-state index contributed by atoms with van der Waals surface area (Å²) in [6, 6.07) is 7.71. The summed E-state index contributed by atoms with van der Waals surface area (Å²) >= 11 is 0. The number of hydrogen-bond acceptors (Lipinski definition) is 2. The molecule has 0 amide bonds. The normalized spacial score (nSPS) is 18.6. The van der Waals surface area contributed by atoms with E-state index in [0.29, 0.717) is 11.5 Å². The molecule has 0 N–H and O–H groups in total. The summed E-state index contributed by atoms with van der Waals surface area (Å²) in [5.74, 6) is 2.64. The molecule has 1 aromatic rings. The molecular weight excluding hydrogens is 424 g/mol. The van der Waals surface area contributed by atoms with Gasteiger partial charge in [-0.3, -0.25) is 0 Å². The Morgan fingerprint density at radius 1 is 0.938 bits per heavy atom. The maximum atomic E-state index is 7.14. The molecule has 0 bridgehead atoms. The average Bonchev–Trinajstić information content (AvgIpc) is 2.60. The maximum absolute atomic E-state index is 7.14. The van der Waals surface area contributed by atoms with Crippen LogP contribution in [0, 0.1) is 5.41 Å². The molecule has 1 fully saturated rings. The van der Waals surface area contributed by atoms with Gasteiger partial charge in [0.15, 0.2) is 0 Å². The summed E-state index contributed by atoms with van der Waals surface area (Å²) in [4.78, 5) is 0. The number of rotatable bonds is 7. The molecule has 32 heavy (non-hydrogen) atoms. The Morgan fingerprint density at radius 2 is 1.44 bits per heavy atom. The van der Waals surface area contributed by atoms with Gasteiger partial charge in [0.1, 0.15) is 11.5 Å². The third-order valence-electron chi connectivity index (χ3n) is 7.74. The van der Waals surface area contributed by atoms with Gasteiger partial charge in [-0.25, -0.2) is 0 Å². The molecule has 1 unspecified atom stereocenters. The van der Waals surface area contributed by atoms with Crippen molar-refractivity contribution in [3.8, 4) is 11.5 Å². The van der Waals surface area contributed by atoms with E-state index < -0.39 is 16.6 Å². The Labute approximate surface area is 201 Å². The Morgan fingerprint density at radius 3 is 1.88 bits per heavy atom. The van der Waals surface area contributed by atoms with Gasteiger partial charge in [0.05, 0.1) is 0 Å². The Kier molecular flexibility index (Phi) is 8.25. The molecule has 0 aromatic heterocycles. The summed E-state index contributed by atoms with van der Waals surface area (Å²) in [5, 5.41) is 0.162. The molecular formula is C28H50O2Si2. The zero-order chi connectivity index (χ0) is 24.5. The Hall–Kier alpha value is -1.01. The minimum atomic E-state index is -1.99. The molecule has 0 heterocycles. The first-order chi connectivity index (χ1) is 14.5. The van der Waals surface area contributed by atoms with Gasteiger partial charge in [-0.15, -0.1) is 0 Å². The molecule has 0 spiro atoms. The van der Waals surface area contributed by atoms with Crippen molar-refractivity contribution in [2.75, 3.05) is 0 Å². The second kappa shape index (κ2) is 9.70. The van der Waals surface area contributed by atoms with Gasteiger partial charge in [0.2, 0.25) is 8.32 Å². The molecule has 1 saturated carbocycles. The summed E-state index contributed by atoms with van der Waals surface area (Å²) in [6.45, 7) is 30.0. The molecule has 0 radical (unpaired) electrons. The number of allylic oxidation sites excluding steroid dienone is 1. The largest absolute Gasteiger partial charge is 0.543 e. The standard InChI is InChI=1S/C28H50O2Si2/c1-21(2)32(12,20-27(4,5)6)30-25-15-13-14-24(29-31(10,11)28(7,8)9)26(25)23-18-16-22(3)17-19-23/h13-15,21,23H,3,16-20H2,1-2,4-12H3. The lowest BCUT2D eigenvalue weighted by atomic mass is 9.81. The third kappa shape index (κ3) is 6.76. The van der Waals surface area contributed by atoms with Crippen molar-refractivity contribution in [2.45, 2.75) is 123 Å². The fourth-order valence-electron chi connectivity index (χ4n) is 4.51. The molecule has 1 atom stereocenters. The monoisotopic (exact) mass is 474 g/mol. The number of hydrogen-bond donors (Lipinski definition) is 0. The average molecular weight is 475 g/mol. The van der Waals surface area contributed by atoms with Gasteiger partial charge in [0, 0.05) is 5.56 Å². The molecule has 1 aromatic carbocycles. The van der Waals surface area contributed by atoms with Crippen LogP contribution >= 0.6 is 0 Å². The fourth-order valence-corrected chi connectivity index (χ4v) is 9.05. The zero-order valence-corrected chi connectivity index (χ0v) is 24.9. The van der Waals surface area contributed by atoms with E-state index in [4.69, 9.17) is 8.85 Å². The smallest absolute Gasteiger partial charge is 0.251 e. The molecule has 2 rings (SSSR count). The van der Waals surface area contributed by atoms with Crippen molar-refractivity contribution in [1.29, 1.82) is 0 Å². The van der Waals surface area contributed by atoms with Crippen LogP contribution in [0.15, 0.2) is 30.4 Å². The van der Waals surface area contributed by atoms with E-state index in [1.807, 2.05) is 0 Å². The van der Waals surface area contributed by atoms with E-state index >= 15 is 0 Å².